The fraction of sp³-hybridized carbons (Fsp3) is 0.357. The molecule has 7 rings (SSSR count). The normalized spacial score (nSPS) is 20.1. The minimum Gasteiger partial charge on any atom is -0.478 e. The molecule has 0 radical (unpaired) electrons. The summed E-state index contributed by atoms with van der Waals surface area (Å²) in [6.45, 7) is 8.57. The van der Waals surface area contributed by atoms with Crippen molar-refractivity contribution in [3.63, 3.8) is 0 Å². The Kier molecular flexibility index (Phi) is 9.69. The topological polar surface area (TPSA) is 64.8 Å². The summed E-state index contributed by atoms with van der Waals surface area (Å²) in [7, 11) is 0. The molecular formula is C42H45N3O3. The predicted octanol–water partition coefficient (Wildman–Crippen LogP) is 7.36. The molecule has 3 aliphatic heterocycles. The third-order valence-electron chi connectivity index (χ3n) is 9.95. The van der Waals surface area contributed by atoms with Crippen molar-refractivity contribution in [1.29, 1.82) is 0 Å². The van der Waals surface area contributed by atoms with Gasteiger partial charge in [0.25, 0.3) is 0 Å². The predicted molar refractivity (Wildman–Crippen MR) is 194 cm³/mol. The van der Waals surface area contributed by atoms with Gasteiger partial charge in [0.2, 0.25) is 0 Å². The first-order valence-corrected chi connectivity index (χ1v) is 17.3. The Morgan fingerprint density at radius 1 is 0.438 bits per heavy atom. The quantitative estimate of drug-likeness (QED) is 0.163. The van der Waals surface area contributed by atoms with E-state index in [4.69, 9.17) is 29.2 Å². The largest absolute Gasteiger partial charge is 0.478 e. The highest BCUT2D eigenvalue weighted by Gasteiger charge is 2.28. The number of ether oxygens (including phenoxy) is 3. The van der Waals surface area contributed by atoms with E-state index < -0.39 is 0 Å². The lowest BCUT2D eigenvalue weighted by atomic mass is 9.84. The first-order valence-electron chi connectivity index (χ1n) is 17.3. The van der Waals surface area contributed by atoms with Crippen molar-refractivity contribution < 1.29 is 14.2 Å². The fourth-order valence-electron chi connectivity index (χ4n) is 7.31. The summed E-state index contributed by atoms with van der Waals surface area (Å²) in [5.41, 5.74) is 11.5. The van der Waals surface area contributed by atoms with Crippen LogP contribution in [0.1, 0.15) is 50.1 Å². The van der Waals surface area contributed by atoms with E-state index in [-0.39, 0.29) is 18.1 Å². The number of aliphatic imine (C=N–C) groups is 3. The maximum atomic E-state index is 6.22. The molecule has 0 unspecified atom stereocenters. The lowest BCUT2D eigenvalue weighted by Crippen LogP contribution is -2.16. The first-order chi connectivity index (χ1) is 23.5. The number of rotatable bonds is 12. The van der Waals surface area contributed by atoms with Crippen LogP contribution in [0.2, 0.25) is 0 Å². The summed E-state index contributed by atoms with van der Waals surface area (Å²) in [6.07, 6.45) is 4.64. The summed E-state index contributed by atoms with van der Waals surface area (Å²) < 4.78 is 18.7. The molecule has 48 heavy (non-hydrogen) atoms. The highest BCUT2D eigenvalue weighted by molar-refractivity contribution is 5.85. The molecule has 0 N–H and O–H groups in total. The number of benzene rings is 4. The highest BCUT2D eigenvalue weighted by Crippen LogP contribution is 2.32. The second kappa shape index (κ2) is 14.6. The van der Waals surface area contributed by atoms with Crippen molar-refractivity contribution in [1.82, 2.24) is 0 Å². The van der Waals surface area contributed by atoms with Crippen LogP contribution in [0.25, 0.3) is 0 Å². The van der Waals surface area contributed by atoms with Crippen LogP contribution >= 0.6 is 0 Å². The van der Waals surface area contributed by atoms with E-state index in [1.54, 1.807) is 0 Å². The highest BCUT2D eigenvalue weighted by atomic mass is 16.5. The Morgan fingerprint density at radius 3 is 0.979 bits per heavy atom. The molecule has 0 bridgehead atoms. The van der Waals surface area contributed by atoms with Crippen LogP contribution in [0.4, 0.5) is 0 Å². The maximum Gasteiger partial charge on any atom is 0.188 e. The van der Waals surface area contributed by atoms with E-state index in [2.05, 4.69) is 112 Å². The number of hydrogen-bond donors (Lipinski definition) is 0. The molecule has 246 valence electrons. The van der Waals surface area contributed by atoms with Crippen LogP contribution in [0.15, 0.2) is 106 Å². The molecule has 3 aliphatic rings. The smallest absolute Gasteiger partial charge is 0.188 e. The molecular weight excluding hydrogens is 594 g/mol. The van der Waals surface area contributed by atoms with Crippen molar-refractivity contribution in [3.8, 4) is 0 Å². The molecule has 0 amide bonds. The molecule has 3 atom stereocenters. The Bertz CT molecular complexity index is 1580. The molecule has 0 spiro atoms. The van der Waals surface area contributed by atoms with E-state index in [0.29, 0.717) is 39.1 Å². The molecule has 6 nitrogen and oxygen atoms in total. The van der Waals surface area contributed by atoms with Gasteiger partial charge in [-0.2, -0.15) is 0 Å². The molecule has 6 heteroatoms. The summed E-state index contributed by atoms with van der Waals surface area (Å²) >= 11 is 0. The van der Waals surface area contributed by atoms with Crippen LogP contribution in [-0.4, -0.2) is 55.6 Å². The maximum absolute atomic E-state index is 6.22. The van der Waals surface area contributed by atoms with Gasteiger partial charge in [-0.25, -0.2) is 15.0 Å². The lowest BCUT2D eigenvalue weighted by molar-refractivity contribution is 0.310. The Morgan fingerprint density at radius 2 is 0.708 bits per heavy atom. The lowest BCUT2D eigenvalue weighted by Gasteiger charge is -2.22. The van der Waals surface area contributed by atoms with Gasteiger partial charge >= 0.3 is 0 Å². The van der Waals surface area contributed by atoms with Gasteiger partial charge in [-0.3, -0.25) is 0 Å². The molecule has 4 aromatic carbocycles. The monoisotopic (exact) mass is 639 g/mol. The van der Waals surface area contributed by atoms with Gasteiger partial charge in [0.1, 0.15) is 19.8 Å². The summed E-state index contributed by atoms with van der Waals surface area (Å²) in [5, 5.41) is 0. The first kappa shape index (κ1) is 31.9. The second-order valence-electron chi connectivity index (χ2n) is 13.4. The summed E-state index contributed by atoms with van der Waals surface area (Å²) in [6, 6.07) is 32.1. The molecule has 0 aliphatic carbocycles. The van der Waals surface area contributed by atoms with Gasteiger partial charge in [-0.1, -0.05) is 91.0 Å². The van der Waals surface area contributed by atoms with Crippen LogP contribution < -0.4 is 0 Å². The van der Waals surface area contributed by atoms with Crippen molar-refractivity contribution in [3.05, 3.63) is 141 Å². The van der Waals surface area contributed by atoms with Crippen LogP contribution in [0.5, 0.6) is 0 Å². The molecule has 4 aromatic rings. The van der Waals surface area contributed by atoms with Crippen molar-refractivity contribution >= 4 is 17.7 Å². The minimum absolute atomic E-state index is 0.137. The van der Waals surface area contributed by atoms with Crippen LogP contribution in [0, 0.1) is 20.8 Å². The SMILES string of the molecule is Cc1c(CC2=N[C@@H](Cc3ccccc3)CO2)c(C)c(CC2=N[C@@H](Cc3ccccc3)CO2)c(C)c1CC1=N[C@@H](Cc2ccccc2)CO1. The van der Waals surface area contributed by atoms with Crippen molar-refractivity contribution in [2.24, 2.45) is 15.0 Å². The van der Waals surface area contributed by atoms with Gasteiger partial charge in [0.05, 0.1) is 18.1 Å². The van der Waals surface area contributed by atoms with E-state index in [1.807, 2.05) is 0 Å². The van der Waals surface area contributed by atoms with Gasteiger partial charge in [0.15, 0.2) is 17.7 Å². The molecule has 0 aromatic heterocycles. The van der Waals surface area contributed by atoms with E-state index in [1.165, 1.54) is 50.1 Å². The Labute approximate surface area is 284 Å². The fourth-order valence-corrected chi connectivity index (χ4v) is 7.31. The van der Waals surface area contributed by atoms with Crippen molar-refractivity contribution in [2.75, 3.05) is 19.8 Å². The molecule has 0 saturated carbocycles. The van der Waals surface area contributed by atoms with E-state index in [9.17, 15) is 0 Å². The molecule has 0 fully saturated rings. The second-order valence-corrected chi connectivity index (χ2v) is 13.4. The van der Waals surface area contributed by atoms with Crippen LogP contribution in [-0.2, 0) is 52.7 Å². The average molecular weight is 640 g/mol. The number of hydrogen-bond acceptors (Lipinski definition) is 6. The average Bonchev–Trinajstić information content (AvgIpc) is 3.87. The number of nitrogens with zero attached hydrogens (tertiary/aromatic N) is 3. The third kappa shape index (κ3) is 7.54. The van der Waals surface area contributed by atoms with Gasteiger partial charge < -0.3 is 14.2 Å². The standard InChI is InChI=1S/C42H45N3O3/c1-28-37(22-40-43-34(25-46-40)19-31-13-7-4-8-14-31)29(2)39(24-42-45-36(27-48-42)21-33-17-11-6-12-18-33)30(3)38(28)23-41-44-35(26-47-41)20-32-15-9-5-10-16-32/h4-18,34-36H,19-27H2,1-3H3/t34-,35-,36-/m0/s1. The zero-order valence-corrected chi connectivity index (χ0v) is 28.3. The zero-order valence-electron chi connectivity index (χ0n) is 28.3. The van der Waals surface area contributed by atoms with Crippen molar-refractivity contribution in [2.45, 2.75) is 77.4 Å². The molecule has 3 heterocycles. The van der Waals surface area contributed by atoms with E-state index >= 15 is 0 Å². The summed E-state index contributed by atoms with van der Waals surface area (Å²) in [5.74, 6) is 2.45. The minimum atomic E-state index is 0.137. The molecule has 0 saturated heterocycles. The van der Waals surface area contributed by atoms with Gasteiger partial charge in [0, 0.05) is 19.3 Å². The van der Waals surface area contributed by atoms with E-state index in [0.717, 1.165) is 37.0 Å². The van der Waals surface area contributed by atoms with Gasteiger partial charge in [-0.05, 0) is 90.1 Å². The Balaban J connectivity index is 1.15. The van der Waals surface area contributed by atoms with Gasteiger partial charge in [-0.15, -0.1) is 0 Å². The zero-order chi connectivity index (χ0) is 32.9. The van der Waals surface area contributed by atoms with Crippen LogP contribution in [0.3, 0.4) is 0 Å². The Hall–Kier alpha value is -4.71. The third-order valence-corrected chi connectivity index (χ3v) is 9.95. The summed E-state index contributed by atoms with van der Waals surface area (Å²) in [4.78, 5) is 15.1.